The van der Waals surface area contributed by atoms with Crippen molar-refractivity contribution in [3.63, 3.8) is 0 Å². The number of hydrogen-bond acceptors (Lipinski definition) is 8. The minimum Gasteiger partial charge on any atom is -0.423 e. The summed E-state index contributed by atoms with van der Waals surface area (Å²) in [6.07, 6.45) is 0. The number of rotatable bonds is 6. The molecule has 0 N–H and O–H groups in total. The Hall–Kier alpha value is -6.16. The molecule has 7 rings (SSSR count). The Balaban J connectivity index is 1.01. The molecule has 2 aromatic heterocycles. The first-order valence-corrected chi connectivity index (χ1v) is 13.0. The van der Waals surface area contributed by atoms with E-state index in [0.717, 1.165) is 33.4 Å². The maximum atomic E-state index is 12.8. The van der Waals surface area contributed by atoms with Crippen molar-refractivity contribution < 1.29 is 19.1 Å². The number of hydrogen-bond donors (Lipinski definition) is 0. The molecule has 0 aliphatic heterocycles. The van der Waals surface area contributed by atoms with E-state index in [2.05, 4.69) is 20.4 Å². The van der Waals surface area contributed by atoms with Gasteiger partial charge in [-0.05, 0) is 91.0 Å². The SMILES string of the molecule is O=C(Oc1ccc(-n2nc3ccccc3n2)cc1)c1cccc(C(=O)Oc2ccc(-n3nc4ccccc4n3)cc2)c1. The van der Waals surface area contributed by atoms with Crippen LogP contribution in [0.25, 0.3) is 33.4 Å². The van der Waals surface area contributed by atoms with E-state index < -0.39 is 11.9 Å². The number of aromatic nitrogens is 6. The van der Waals surface area contributed by atoms with Crippen LogP contribution in [0.5, 0.6) is 11.5 Å². The monoisotopic (exact) mass is 552 g/mol. The van der Waals surface area contributed by atoms with Crippen LogP contribution in [0, 0.1) is 0 Å². The number of carbonyl (C=O) groups is 2. The maximum absolute atomic E-state index is 12.8. The van der Waals surface area contributed by atoms with Gasteiger partial charge in [0.15, 0.2) is 0 Å². The van der Waals surface area contributed by atoms with Gasteiger partial charge in [-0.25, -0.2) is 9.59 Å². The molecule has 0 radical (unpaired) electrons. The molecule has 0 fully saturated rings. The number of nitrogens with zero attached hydrogens (tertiary/aromatic N) is 6. The van der Waals surface area contributed by atoms with Gasteiger partial charge in [0.25, 0.3) is 0 Å². The van der Waals surface area contributed by atoms with Gasteiger partial charge in [-0.1, -0.05) is 30.3 Å². The van der Waals surface area contributed by atoms with E-state index in [9.17, 15) is 9.59 Å². The number of esters is 2. The van der Waals surface area contributed by atoms with Crippen molar-refractivity contribution >= 4 is 34.0 Å². The van der Waals surface area contributed by atoms with Crippen LogP contribution in [0.4, 0.5) is 0 Å². The third-order valence-electron chi connectivity index (χ3n) is 6.46. The molecule has 42 heavy (non-hydrogen) atoms. The summed E-state index contributed by atoms with van der Waals surface area (Å²) in [4.78, 5) is 28.7. The summed E-state index contributed by atoms with van der Waals surface area (Å²) in [7, 11) is 0. The molecule has 202 valence electrons. The van der Waals surface area contributed by atoms with Gasteiger partial charge < -0.3 is 9.47 Å². The van der Waals surface area contributed by atoms with E-state index in [1.165, 1.54) is 15.7 Å². The quantitative estimate of drug-likeness (QED) is 0.194. The van der Waals surface area contributed by atoms with Crippen molar-refractivity contribution in [2.24, 2.45) is 0 Å². The highest BCUT2D eigenvalue weighted by Crippen LogP contribution is 2.20. The van der Waals surface area contributed by atoms with Crippen LogP contribution in [0.3, 0.4) is 0 Å². The third-order valence-corrected chi connectivity index (χ3v) is 6.46. The van der Waals surface area contributed by atoms with Crippen LogP contribution in [0.2, 0.25) is 0 Å². The normalized spacial score (nSPS) is 11.0. The number of carbonyl (C=O) groups excluding carboxylic acids is 2. The molecule has 0 atom stereocenters. The number of fused-ring (bicyclic) bond motifs is 2. The Kier molecular flexibility index (Phi) is 6.17. The maximum Gasteiger partial charge on any atom is 0.343 e. The van der Waals surface area contributed by atoms with E-state index in [-0.39, 0.29) is 11.1 Å². The van der Waals surface area contributed by atoms with Crippen molar-refractivity contribution in [2.75, 3.05) is 0 Å². The van der Waals surface area contributed by atoms with Gasteiger partial charge in [0.2, 0.25) is 0 Å². The fourth-order valence-corrected chi connectivity index (χ4v) is 4.35. The van der Waals surface area contributed by atoms with Crippen molar-refractivity contribution in [1.29, 1.82) is 0 Å². The van der Waals surface area contributed by atoms with Crippen LogP contribution in [0.15, 0.2) is 121 Å². The van der Waals surface area contributed by atoms with Crippen LogP contribution >= 0.6 is 0 Å². The lowest BCUT2D eigenvalue weighted by atomic mass is 10.1. The van der Waals surface area contributed by atoms with Gasteiger partial charge >= 0.3 is 11.9 Å². The van der Waals surface area contributed by atoms with Gasteiger partial charge in [0.1, 0.15) is 33.6 Å². The van der Waals surface area contributed by atoms with Crippen LogP contribution in [-0.2, 0) is 0 Å². The fourth-order valence-electron chi connectivity index (χ4n) is 4.35. The Morgan fingerprint density at radius 3 is 1.17 bits per heavy atom. The molecule has 0 saturated heterocycles. The summed E-state index contributed by atoms with van der Waals surface area (Å²) < 4.78 is 11.0. The van der Waals surface area contributed by atoms with Crippen molar-refractivity contribution in [3.05, 3.63) is 132 Å². The average Bonchev–Trinajstić information content (AvgIpc) is 3.67. The lowest BCUT2D eigenvalue weighted by molar-refractivity contribution is 0.0734. The van der Waals surface area contributed by atoms with Gasteiger partial charge in [-0.15, -0.1) is 20.4 Å². The van der Waals surface area contributed by atoms with E-state index in [4.69, 9.17) is 9.47 Å². The standard InChI is InChI=1S/C32H20N6O4/c39-31(41-25-16-12-23(13-17-25)37-33-27-8-1-2-9-28(27)34-37)21-6-5-7-22(20-21)32(40)42-26-18-14-24(15-19-26)38-35-29-10-3-4-11-30(29)36-38/h1-20H. The average molecular weight is 553 g/mol. The molecule has 10 nitrogen and oxygen atoms in total. The summed E-state index contributed by atoms with van der Waals surface area (Å²) in [5.41, 5.74) is 4.98. The lowest BCUT2D eigenvalue weighted by Crippen LogP contribution is -2.12. The highest BCUT2D eigenvalue weighted by atomic mass is 16.5. The summed E-state index contributed by atoms with van der Waals surface area (Å²) in [5, 5.41) is 17.8. The Morgan fingerprint density at radius 2 is 0.810 bits per heavy atom. The van der Waals surface area contributed by atoms with Gasteiger partial charge in [0.05, 0.1) is 22.5 Å². The van der Waals surface area contributed by atoms with Crippen LogP contribution < -0.4 is 9.47 Å². The summed E-state index contributed by atoms with van der Waals surface area (Å²) in [6.45, 7) is 0. The predicted molar refractivity (Wildman–Crippen MR) is 154 cm³/mol. The van der Waals surface area contributed by atoms with Crippen LogP contribution in [0.1, 0.15) is 20.7 Å². The lowest BCUT2D eigenvalue weighted by Gasteiger charge is -2.08. The second kappa shape index (κ2) is 10.4. The largest absolute Gasteiger partial charge is 0.423 e. The van der Waals surface area contributed by atoms with Crippen LogP contribution in [-0.4, -0.2) is 41.9 Å². The minimum absolute atomic E-state index is 0.209. The highest BCUT2D eigenvalue weighted by molar-refractivity contribution is 5.96. The fraction of sp³-hybridized carbons (Fsp3) is 0. The van der Waals surface area contributed by atoms with Gasteiger partial charge in [-0.3, -0.25) is 0 Å². The molecule has 5 aromatic carbocycles. The smallest absolute Gasteiger partial charge is 0.343 e. The second-order valence-electron chi connectivity index (χ2n) is 9.30. The van der Waals surface area contributed by atoms with Crippen molar-refractivity contribution in [3.8, 4) is 22.9 Å². The van der Waals surface area contributed by atoms with Crippen molar-refractivity contribution in [1.82, 2.24) is 30.0 Å². The Morgan fingerprint density at radius 1 is 0.452 bits per heavy atom. The summed E-state index contributed by atoms with van der Waals surface area (Å²) in [5.74, 6) is -0.533. The highest BCUT2D eigenvalue weighted by Gasteiger charge is 2.15. The predicted octanol–water partition coefficient (Wildman–Crippen LogP) is 5.59. The molecule has 0 aliphatic carbocycles. The second-order valence-corrected chi connectivity index (χ2v) is 9.30. The zero-order valence-electron chi connectivity index (χ0n) is 21.9. The first-order valence-electron chi connectivity index (χ1n) is 13.0. The number of benzene rings is 5. The molecular weight excluding hydrogens is 532 g/mol. The molecule has 0 spiro atoms. The Labute approximate surface area is 238 Å². The van der Waals surface area contributed by atoms with Gasteiger partial charge in [0, 0.05) is 0 Å². The zero-order chi connectivity index (χ0) is 28.5. The van der Waals surface area contributed by atoms with E-state index in [0.29, 0.717) is 11.5 Å². The van der Waals surface area contributed by atoms with Gasteiger partial charge in [-0.2, -0.15) is 9.59 Å². The third kappa shape index (κ3) is 4.95. The van der Waals surface area contributed by atoms with E-state index in [1.54, 1.807) is 66.7 Å². The van der Waals surface area contributed by atoms with E-state index >= 15 is 0 Å². The first-order chi connectivity index (χ1) is 20.6. The summed E-state index contributed by atoms with van der Waals surface area (Å²) in [6, 6.07) is 35.0. The number of ether oxygens (including phenoxy) is 2. The molecule has 0 unspecified atom stereocenters. The molecule has 10 heteroatoms. The molecule has 0 bridgehead atoms. The molecule has 2 heterocycles. The molecular formula is C32H20N6O4. The molecule has 0 amide bonds. The molecule has 0 saturated carbocycles. The topological polar surface area (TPSA) is 114 Å². The molecule has 7 aromatic rings. The van der Waals surface area contributed by atoms with E-state index in [1.807, 2.05) is 48.5 Å². The zero-order valence-corrected chi connectivity index (χ0v) is 21.9. The molecule has 0 aliphatic rings. The minimum atomic E-state index is -0.608. The summed E-state index contributed by atoms with van der Waals surface area (Å²) >= 11 is 0. The van der Waals surface area contributed by atoms with Crippen molar-refractivity contribution in [2.45, 2.75) is 0 Å². The Bertz CT molecular complexity index is 1870. The first kappa shape index (κ1) is 24.9.